The highest BCUT2D eigenvalue weighted by atomic mass is 16.5. The molecule has 1 amide bonds. The number of rotatable bonds is 7. The Morgan fingerprint density at radius 1 is 1.00 bits per heavy atom. The molecule has 1 heterocycles. The Kier molecular flexibility index (Phi) is 6.43. The van der Waals surface area contributed by atoms with Gasteiger partial charge in [0.25, 0.3) is 5.91 Å². The minimum Gasteiger partial charge on any atom is -0.457 e. The van der Waals surface area contributed by atoms with E-state index in [9.17, 15) is 4.79 Å². The first-order valence-corrected chi connectivity index (χ1v) is 9.73. The Labute approximate surface area is 166 Å². The molecule has 0 aliphatic rings. The number of amides is 1. The SMILES string of the molecule is CCCc1ccc(C(=O)Nc2ccc(Oc3cccc(CC)c3)cc2)c(C)n1. The molecule has 4 nitrogen and oxygen atoms in total. The molecule has 2 aromatic carbocycles. The molecule has 3 rings (SSSR count). The summed E-state index contributed by atoms with van der Waals surface area (Å²) in [5.41, 5.74) is 4.31. The quantitative estimate of drug-likeness (QED) is 0.556. The topological polar surface area (TPSA) is 51.2 Å². The van der Waals surface area contributed by atoms with Crippen LogP contribution in [0, 0.1) is 6.92 Å². The molecule has 1 aromatic heterocycles. The third-order valence-corrected chi connectivity index (χ3v) is 4.55. The van der Waals surface area contributed by atoms with E-state index < -0.39 is 0 Å². The molecule has 0 bridgehead atoms. The predicted octanol–water partition coefficient (Wildman–Crippen LogP) is 5.95. The van der Waals surface area contributed by atoms with Crippen molar-refractivity contribution in [3.63, 3.8) is 0 Å². The molecule has 0 unspecified atom stereocenters. The van der Waals surface area contributed by atoms with Gasteiger partial charge < -0.3 is 10.1 Å². The first-order valence-electron chi connectivity index (χ1n) is 9.73. The number of nitrogens with one attached hydrogen (secondary N) is 1. The lowest BCUT2D eigenvalue weighted by Gasteiger charge is -2.10. The number of carbonyl (C=O) groups is 1. The average Bonchev–Trinajstić information content (AvgIpc) is 2.70. The van der Waals surface area contributed by atoms with Crippen molar-refractivity contribution in [1.29, 1.82) is 0 Å². The average molecular weight is 374 g/mol. The molecular weight excluding hydrogens is 348 g/mol. The Bertz CT molecular complexity index is 949. The summed E-state index contributed by atoms with van der Waals surface area (Å²) in [4.78, 5) is 17.1. The van der Waals surface area contributed by atoms with Crippen LogP contribution in [0.3, 0.4) is 0 Å². The summed E-state index contributed by atoms with van der Waals surface area (Å²) in [7, 11) is 0. The summed E-state index contributed by atoms with van der Waals surface area (Å²) >= 11 is 0. The van der Waals surface area contributed by atoms with Gasteiger partial charge in [0.2, 0.25) is 0 Å². The fourth-order valence-corrected chi connectivity index (χ4v) is 3.02. The molecule has 144 valence electrons. The number of pyridine rings is 1. The van der Waals surface area contributed by atoms with Crippen LogP contribution in [0.1, 0.15) is 47.6 Å². The van der Waals surface area contributed by atoms with Crippen LogP contribution in [-0.4, -0.2) is 10.9 Å². The second kappa shape index (κ2) is 9.18. The number of hydrogen-bond acceptors (Lipinski definition) is 3. The minimum absolute atomic E-state index is 0.155. The first-order chi connectivity index (χ1) is 13.6. The van der Waals surface area contributed by atoms with Crippen LogP contribution in [0.15, 0.2) is 60.7 Å². The van der Waals surface area contributed by atoms with Crippen LogP contribution < -0.4 is 10.1 Å². The molecule has 0 saturated carbocycles. The van der Waals surface area contributed by atoms with E-state index >= 15 is 0 Å². The largest absolute Gasteiger partial charge is 0.457 e. The number of hydrogen-bond donors (Lipinski definition) is 1. The maximum Gasteiger partial charge on any atom is 0.257 e. The maximum absolute atomic E-state index is 12.6. The molecule has 1 N–H and O–H groups in total. The van der Waals surface area contributed by atoms with E-state index in [0.717, 1.165) is 47.8 Å². The second-order valence-electron chi connectivity index (χ2n) is 6.77. The van der Waals surface area contributed by atoms with Gasteiger partial charge in [-0.25, -0.2) is 0 Å². The summed E-state index contributed by atoms with van der Waals surface area (Å²) < 4.78 is 5.90. The summed E-state index contributed by atoms with van der Waals surface area (Å²) in [5.74, 6) is 1.38. The number of nitrogens with zero attached hydrogens (tertiary/aromatic N) is 1. The molecule has 0 saturated heterocycles. The highest BCUT2D eigenvalue weighted by Gasteiger charge is 2.11. The Balaban J connectivity index is 1.66. The predicted molar refractivity (Wildman–Crippen MR) is 113 cm³/mol. The van der Waals surface area contributed by atoms with Crippen LogP contribution in [0.4, 0.5) is 5.69 Å². The zero-order valence-corrected chi connectivity index (χ0v) is 16.7. The van der Waals surface area contributed by atoms with Gasteiger partial charge >= 0.3 is 0 Å². The lowest BCUT2D eigenvalue weighted by Crippen LogP contribution is -2.14. The van der Waals surface area contributed by atoms with E-state index in [4.69, 9.17) is 4.74 Å². The van der Waals surface area contributed by atoms with Gasteiger partial charge in [0, 0.05) is 11.4 Å². The molecule has 3 aromatic rings. The molecule has 0 aliphatic carbocycles. The first kappa shape index (κ1) is 19.6. The standard InChI is InChI=1S/C24H26N2O2/c1-4-7-19-12-15-23(17(3)25-19)24(27)26-20-10-13-21(14-11-20)28-22-9-6-8-18(5-2)16-22/h6,8-16H,4-5,7H2,1-3H3,(H,26,27). The summed E-state index contributed by atoms with van der Waals surface area (Å²) in [6.45, 7) is 6.10. The number of ether oxygens (including phenoxy) is 1. The van der Waals surface area contributed by atoms with E-state index in [1.165, 1.54) is 5.56 Å². The normalized spacial score (nSPS) is 10.5. The molecule has 28 heavy (non-hydrogen) atoms. The van der Waals surface area contributed by atoms with Gasteiger partial charge in [0.1, 0.15) is 11.5 Å². The van der Waals surface area contributed by atoms with Gasteiger partial charge in [0.15, 0.2) is 0 Å². The number of carbonyl (C=O) groups excluding carboxylic acids is 1. The molecule has 0 fully saturated rings. The van der Waals surface area contributed by atoms with Gasteiger partial charge in [-0.05, 0) is 73.9 Å². The van der Waals surface area contributed by atoms with Crippen molar-refractivity contribution in [3.05, 3.63) is 83.2 Å². The molecule has 0 spiro atoms. The van der Waals surface area contributed by atoms with Crippen molar-refractivity contribution in [3.8, 4) is 11.5 Å². The van der Waals surface area contributed by atoms with Crippen molar-refractivity contribution in [1.82, 2.24) is 4.98 Å². The van der Waals surface area contributed by atoms with E-state index in [2.05, 4.69) is 30.2 Å². The lowest BCUT2D eigenvalue weighted by atomic mass is 10.1. The maximum atomic E-state index is 12.6. The monoisotopic (exact) mass is 374 g/mol. The van der Waals surface area contributed by atoms with E-state index in [0.29, 0.717) is 5.56 Å². The number of anilines is 1. The second-order valence-corrected chi connectivity index (χ2v) is 6.77. The smallest absolute Gasteiger partial charge is 0.257 e. The van der Waals surface area contributed by atoms with Crippen molar-refractivity contribution in [2.75, 3.05) is 5.32 Å². The number of aryl methyl sites for hydroxylation is 3. The third-order valence-electron chi connectivity index (χ3n) is 4.55. The highest BCUT2D eigenvalue weighted by Crippen LogP contribution is 2.24. The van der Waals surface area contributed by atoms with Crippen LogP contribution >= 0.6 is 0 Å². The fraction of sp³-hybridized carbons (Fsp3) is 0.250. The molecular formula is C24H26N2O2. The van der Waals surface area contributed by atoms with Crippen molar-refractivity contribution in [2.45, 2.75) is 40.0 Å². The van der Waals surface area contributed by atoms with Crippen LogP contribution in [-0.2, 0) is 12.8 Å². The molecule has 0 atom stereocenters. The number of aromatic nitrogens is 1. The summed E-state index contributed by atoms with van der Waals surface area (Å²) in [5, 5.41) is 2.93. The number of benzene rings is 2. The minimum atomic E-state index is -0.155. The zero-order valence-electron chi connectivity index (χ0n) is 16.7. The van der Waals surface area contributed by atoms with E-state index in [-0.39, 0.29) is 5.91 Å². The fourth-order valence-electron chi connectivity index (χ4n) is 3.02. The van der Waals surface area contributed by atoms with Gasteiger partial charge in [0.05, 0.1) is 11.3 Å². The van der Waals surface area contributed by atoms with Gasteiger partial charge in [-0.3, -0.25) is 9.78 Å². The van der Waals surface area contributed by atoms with Crippen LogP contribution in [0.25, 0.3) is 0 Å². The Morgan fingerprint density at radius 3 is 2.46 bits per heavy atom. The highest BCUT2D eigenvalue weighted by molar-refractivity contribution is 6.05. The van der Waals surface area contributed by atoms with Crippen molar-refractivity contribution in [2.24, 2.45) is 0 Å². The molecule has 0 aliphatic heterocycles. The van der Waals surface area contributed by atoms with Crippen LogP contribution in [0.5, 0.6) is 11.5 Å². The Hall–Kier alpha value is -3.14. The van der Waals surface area contributed by atoms with Crippen molar-refractivity contribution < 1.29 is 9.53 Å². The molecule has 4 heteroatoms. The third kappa shape index (κ3) is 4.97. The van der Waals surface area contributed by atoms with Gasteiger partial charge in [-0.1, -0.05) is 32.4 Å². The van der Waals surface area contributed by atoms with E-state index in [1.807, 2.05) is 61.5 Å². The van der Waals surface area contributed by atoms with Crippen LogP contribution in [0.2, 0.25) is 0 Å². The zero-order chi connectivity index (χ0) is 19.9. The summed E-state index contributed by atoms with van der Waals surface area (Å²) in [6.07, 6.45) is 2.93. The summed E-state index contributed by atoms with van der Waals surface area (Å²) in [6, 6.07) is 19.2. The Morgan fingerprint density at radius 2 is 1.79 bits per heavy atom. The van der Waals surface area contributed by atoms with E-state index in [1.54, 1.807) is 0 Å². The molecule has 0 radical (unpaired) electrons. The lowest BCUT2D eigenvalue weighted by molar-refractivity contribution is 0.102. The van der Waals surface area contributed by atoms with Gasteiger partial charge in [-0.2, -0.15) is 0 Å². The van der Waals surface area contributed by atoms with Crippen molar-refractivity contribution >= 4 is 11.6 Å². The van der Waals surface area contributed by atoms with Gasteiger partial charge in [-0.15, -0.1) is 0 Å².